The van der Waals surface area contributed by atoms with Crippen LogP contribution in [0.2, 0.25) is 0 Å². The maximum absolute atomic E-state index is 12.9. The molecular formula is C21H28N2O. The number of benzene rings is 2. The molecule has 0 radical (unpaired) electrons. The Kier molecular flexibility index (Phi) is 5.66. The van der Waals surface area contributed by atoms with Gasteiger partial charge in [0, 0.05) is 37.3 Å². The highest BCUT2D eigenvalue weighted by atomic mass is 16.1. The zero-order valence-corrected chi connectivity index (χ0v) is 15.5. The molecule has 0 saturated carbocycles. The molecule has 0 spiro atoms. The highest BCUT2D eigenvalue weighted by molar-refractivity contribution is 5.91. The average molecular weight is 324 g/mol. The average Bonchev–Trinajstić information content (AvgIpc) is 2.59. The Hall–Kier alpha value is -2.29. The summed E-state index contributed by atoms with van der Waals surface area (Å²) in [6.07, 6.45) is 0. The molecule has 0 saturated heterocycles. The number of hydrogen-bond donors (Lipinski definition) is 2. The van der Waals surface area contributed by atoms with Crippen LogP contribution in [-0.2, 0) is 4.79 Å². The summed E-state index contributed by atoms with van der Waals surface area (Å²) in [5.74, 6) is 0.0194. The van der Waals surface area contributed by atoms with Crippen molar-refractivity contribution in [2.75, 3.05) is 24.7 Å². The monoisotopic (exact) mass is 324 g/mol. The van der Waals surface area contributed by atoms with Crippen LogP contribution in [0.1, 0.15) is 47.9 Å². The van der Waals surface area contributed by atoms with Crippen LogP contribution in [0.15, 0.2) is 36.4 Å². The Balaban J connectivity index is 2.23. The second-order valence-electron chi connectivity index (χ2n) is 6.49. The number of Topliss-reactive ketones (excluding diaryl/α,β-unsaturated/α-hetero) is 1. The van der Waals surface area contributed by atoms with Crippen molar-refractivity contribution in [2.24, 2.45) is 0 Å². The molecule has 0 amide bonds. The molecule has 2 unspecified atom stereocenters. The highest BCUT2D eigenvalue weighted by Crippen LogP contribution is 2.29. The SMILES string of the molecule is CNc1ccc(C(C)C(=O)C(C)c2ccc(NC)c(C)c2)cc1C. The Morgan fingerprint density at radius 2 is 1.17 bits per heavy atom. The zero-order valence-electron chi connectivity index (χ0n) is 15.5. The largest absolute Gasteiger partial charge is 0.388 e. The summed E-state index contributed by atoms with van der Waals surface area (Å²) >= 11 is 0. The maximum Gasteiger partial charge on any atom is 0.147 e. The van der Waals surface area contributed by atoms with E-state index in [-0.39, 0.29) is 17.6 Å². The quantitative estimate of drug-likeness (QED) is 0.797. The van der Waals surface area contributed by atoms with Gasteiger partial charge in [0.05, 0.1) is 0 Å². The van der Waals surface area contributed by atoms with Gasteiger partial charge >= 0.3 is 0 Å². The first-order valence-corrected chi connectivity index (χ1v) is 8.49. The second kappa shape index (κ2) is 7.52. The van der Waals surface area contributed by atoms with Crippen LogP contribution in [0.25, 0.3) is 0 Å². The van der Waals surface area contributed by atoms with E-state index in [1.165, 1.54) is 0 Å². The molecule has 0 aromatic heterocycles. The number of ketones is 1. The molecule has 0 aliphatic rings. The summed E-state index contributed by atoms with van der Waals surface area (Å²) in [5, 5.41) is 6.33. The lowest BCUT2D eigenvalue weighted by atomic mass is 9.85. The van der Waals surface area contributed by atoms with Gasteiger partial charge < -0.3 is 10.6 Å². The fraction of sp³-hybridized carbons (Fsp3) is 0.381. The number of aryl methyl sites for hydroxylation is 2. The summed E-state index contributed by atoms with van der Waals surface area (Å²) in [4.78, 5) is 12.9. The van der Waals surface area contributed by atoms with Crippen molar-refractivity contribution in [1.29, 1.82) is 0 Å². The molecule has 24 heavy (non-hydrogen) atoms. The Morgan fingerprint density at radius 3 is 1.46 bits per heavy atom. The third kappa shape index (κ3) is 3.61. The van der Waals surface area contributed by atoms with E-state index in [0.717, 1.165) is 33.6 Å². The summed E-state index contributed by atoms with van der Waals surface area (Å²) < 4.78 is 0. The predicted octanol–water partition coefficient (Wildman–Crippen LogP) is 4.86. The molecule has 2 aromatic carbocycles. The minimum absolute atomic E-state index is 0.117. The van der Waals surface area contributed by atoms with E-state index < -0.39 is 0 Å². The van der Waals surface area contributed by atoms with Crippen LogP contribution in [0.5, 0.6) is 0 Å². The maximum atomic E-state index is 12.9. The number of carbonyl (C=O) groups is 1. The lowest BCUT2D eigenvalue weighted by molar-refractivity contribution is -0.121. The molecule has 3 heteroatoms. The lowest BCUT2D eigenvalue weighted by Gasteiger charge is -2.19. The van der Waals surface area contributed by atoms with E-state index in [0.29, 0.717) is 0 Å². The molecule has 2 N–H and O–H groups in total. The minimum Gasteiger partial charge on any atom is -0.388 e. The number of carbonyl (C=O) groups excluding carboxylic acids is 1. The first kappa shape index (κ1) is 18.1. The molecule has 0 fully saturated rings. The Labute approximate surface area is 145 Å². The molecule has 3 nitrogen and oxygen atoms in total. The normalized spacial score (nSPS) is 13.2. The molecule has 0 aliphatic heterocycles. The van der Waals surface area contributed by atoms with Crippen molar-refractivity contribution < 1.29 is 4.79 Å². The van der Waals surface area contributed by atoms with Crippen molar-refractivity contribution in [3.05, 3.63) is 58.7 Å². The van der Waals surface area contributed by atoms with Crippen LogP contribution in [0.4, 0.5) is 11.4 Å². The van der Waals surface area contributed by atoms with Crippen LogP contribution in [0.3, 0.4) is 0 Å². The van der Waals surface area contributed by atoms with Gasteiger partial charge in [-0.1, -0.05) is 38.1 Å². The van der Waals surface area contributed by atoms with Crippen LogP contribution >= 0.6 is 0 Å². The fourth-order valence-corrected chi connectivity index (χ4v) is 3.18. The van der Waals surface area contributed by atoms with Gasteiger partial charge in [-0.2, -0.15) is 0 Å². The summed E-state index contributed by atoms with van der Waals surface area (Å²) in [6, 6.07) is 12.4. The van der Waals surface area contributed by atoms with E-state index in [1.54, 1.807) is 0 Å². The van der Waals surface area contributed by atoms with Gasteiger partial charge in [0.2, 0.25) is 0 Å². The van der Waals surface area contributed by atoms with E-state index >= 15 is 0 Å². The third-order valence-corrected chi connectivity index (χ3v) is 4.89. The van der Waals surface area contributed by atoms with E-state index in [1.807, 2.05) is 52.2 Å². The van der Waals surface area contributed by atoms with Gasteiger partial charge in [-0.25, -0.2) is 0 Å². The van der Waals surface area contributed by atoms with Crippen molar-refractivity contribution in [3.63, 3.8) is 0 Å². The predicted molar refractivity (Wildman–Crippen MR) is 103 cm³/mol. The summed E-state index contributed by atoms with van der Waals surface area (Å²) in [5.41, 5.74) is 6.68. The van der Waals surface area contributed by atoms with E-state index in [4.69, 9.17) is 0 Å². The van der Waals surface area contributed by atoms with Gasteiger partial charge in [0.25, 0.3) is 0 Å². The van der Waals surface area contributed by atoms with Crippen LogP contribution < -0.4 is 10.6 Å². The lowest BCUT2D eigenvalue weighted by Crippen LogP contribution is -2.17. The Morgan fingerprint density at radius 1 is 0.792 bits per heavy atom. The van der Waals surface area contributed by atoms with Gasteiger partial charge in [-0.05, 0) is 48.2 Å². The molecule has 0 bridgehead atoms. The van der Waals surface area contributed by atoms with Crippen molar-refractivity contribution in [2.45, 2.75) is 39.5 Å². The number of nitrogens with one attached hydrogen (secondary N) is 2. The van der Waals surface area contributed by atoms with Crippen molar-refractivity contribution >= 4 is 17.2 Å². The number of rotatable bonds is 6. The zero-order chi connectivity index (χ0) is 17.9. The molecule has 128 valence electrons. The van der Waals surface area contributed by atoms with Gasteiger partial charge in [-0.15, -0.1) is 0 Å². The molecule has 2 atom stereocenters. The molecule has 2 aromatic rings. The van der Waals surface area contributed by atoms with Crippen LogP contribution in [-0.4, -0.2) is 19.9 Å². The first-order chi connectivity index (χ1) is 11.4. The van der Waals surface area contributed by atoms with Crippen molar-refractivity contribution in [3.8, 4) is 0 Å². The topological polar surface area (TPSA) is 41.1 Å². The minimum atomic E-state index is -0.117. The van der Waals surface area contributed by atoms with E-state index in [9.17, 15) is 4.79 Å². The highest BCUT2D eigenvalue weighted by Gasteiger charge is 2.23. The van der Waals surface area contributed by atoms with Crippen molar-refractivity contribution in [1.82, 2.24) is 0 Å². The van der Waals surface area contributed by atoms with Gasteiger partial charge in [0.1, 0.15) is 5.78 Å². The third-order valence-electron chi connectivity index (χ3n) is 4.89. The van der Waals surface area contributed by atoms with Gasteiger partial charge in [0.15, 0.2) is 0 Å². The Bertz CT molecular complexity index is 675. The molecule has 0 aliphatic carbocycles. The smallest absolute Gasteiger partial charge is 0.147 e. The standard InChI is InChI=1S/C21H28N2O/c1-13-11-17(7-9-19(13)22-5)15(3)21(24)16(4)18-8-10-20(23-6)14(2)12-18/h7-12,15-16,22-23H,1-6H3. The van der Waals surface area contributed by atoms with E-state index in [2.05, 4.69) is 36.6 Å². The molecule has 0 heterocycles. The number of anilines is 2. The second-order valence-corrected chi connectivity index (χ2v) is 6.49. The summed E-state index contributed by atoms with van der Waals surface area (Å²) in [6.45, 7) is 8.13. The van der Waals surface area contributed by atoms with Crippen LogP contribution in [0, 0.1) is 13.8 Å². The number of hydrogen-bond acceptors (Lipinski definition) is 3. The summed E-state index contributed by atoms with van der Waals surface area (Å²) in [7, 11) is 3.83. The first-order valence-electron chi connectivity index (χ1n) is 8.49. The molecular weight excluding hydrogens is 296 g/mol. The molecule has 2 rings (SSSR count). The fourth-order valence-electron chi connectivity index (χ4n) is 3.18. The van der Waals surface area contributed by atoms with Gasteiger partial charge in [-0.3, -0.25) is 4.79 Å².